The highest BCUT2D eigenvalue weighted by Crippen LogP contribution is 2.31. The maximum atomic E-state index is 13.4. The van der Waals surface area contributed by atoms with E-state index in [0.29, 0.717) is 12.1 Å². The van der Waals surface area contributed by atoms with Gasteiger partial charge in [0.2, 0.25) is 0 Å². The summed E-state index contributed by atoms with van der Waals surface area (Å²) in [4.78, 5) is 22.4. The molecule has 0 N–H and O–H groups in total. The standard InChI is InChI=1S/C22H24BrN3O2S.ClH/c1-16-7-8-19-20(15-16)29-22(24-19)26(10-4-9-25-11-13-28-14-12-25)21(27)17-5-2-3-6-18(17)23;/h2-3,5-8,15H,4,9-14H2,1H3;1H. The van der Waals surface area contributed by atoms with Crippen molar-refractivity contribution in [3.8, 4) is 0 Å². The minimum Gasteiger partial charge on any atom is -0.379 e. The Morgan fingerprint density at radius 1 is 1.23 bits per heavy atom. The highest BCUT2D eigenvalue weighted by atomic mass is 79.9. The molecule has 0 spiro atoms. The molecule has 1 saturated heterocycles. The number of anilines is 1. The van der Waals surface area contributed by atoms with E-state index >= 15 is 0 Å². The maximum Gasteiger partial charge on any atom is 0.261 e. The molecule has 2 heterocycles. The first-order valence-corrected chi connectivity index (χ1v) is 11.5. The summed E-state index contributed by atoms with van der Waals surface area (Å²) in [6, 6.07) is 13.8. The van der Waals surface area contributed by atoms with Gasteiger partial charge in [0.05, 0.1) is 29.0 Å². The summed E-state index contributed by atoms with van der Waals surface area (Å²) in [5.41, 5.74) is 2.80. The monoisotopic (exact) mass is 509 g/mol. The van der Waals surface area contributed by atoms with Gasteiger partial charge in [0, 0.05) is 30.7 Å². The number of fused-ring (bicyclic) bond motifs is 1. The lowest BCUT2D eigenvalue weighted by molar-refractivity contribution is 0.0376. The van der Waals surface area contributed by atoms with E-state index in [9.17, 15) is 4.79 Å². The zero-order valence-corrected chi connectivity index (χ0v) is 20.1. The zero-order valence-electron chi connectivity index (χ0n) is 16.8. The van der Waals surface area contributed by atoms with Gasteiger partial charge in [-0.1, -0.05) is 29.5 Å². The number of hydrogen-bond acceptors (Lipinski definition) is 5. The molecule has 1 aliphatic heterocycles. The van der Waals surface area contributed by atoms with Crippen LogP contribution in [0, 0.1) is 6.92 Å². The molecule has 0 unspecified atom stereocenters. The van der Waals surface area contributed by atoms with Crippen molar-refractivity contribution in [1.82, 2.24) is 9.88 Å². The van der Waals surface area contributed by atoms with Crippen LogP contribution in [0.3, 0.4) is 0 Å². The molecule has 3 aromatic rings. The van der Waals surface area contributed by atoms with Crippen molar-refractivity contribution in [2.24, 2.45) is 0 Å². The van der Waals surface area contributed by atoms with Gasteiger partial charge in [0.1, 0.15) is 0 Å². The molecule has 1 aromatic heterocycles. The molecule has 2 aromatic carbocycles. The number of aromatic nitrogens is 1. The largest absolute Gasteiger partial charge is 0.379 e. The number of benzene rings is 2. The van der Waals surface area contributed by atoms with Crippen molar-refractivity contribution in [3.63, 3.8) is 0 Å². The molecule has 8 heteroatoms. The second-order valence-electron chi connectivity index (χ2n) is 7.21. The summed E-state index contributed by atoms with van der Waals surface area (Å²) < 4.78 is 7.34. The normalized spacial score (nSPS) is 14.5. The second-order valence-corrected chi connectivity index (χ2v) is 9.08. The van der Waals surface area contributed by atoms with Crippen molar-refractivity contribution in [2.75, 3.05) is 44.3 Å². The summed E-state index contributed by atoms with van der Waals surface area (Å²) in [6.07, 6.45) is 0.894. The second kappa shape index (κ2) is 10.7. The number of hydrogen-bond donors (Lipinski definition) is 0. The molecule has 0 bridgehead atoms. The minimum atomic E-state index is -0.0183. The lowest BCUT2D eigenvalue weighted by Crippen LogP contribution is -2.39. The molecule has 1 amide bonds. The minimum absolute atomic E-state index is 0. The maximum absolute atomic E-state index is 13.4. The smallest absolute Gasteiger partial charge is 0.261 e. The number of aryl methyl sites for hydroxylation is 1. The Labute approximate surface area is 195 Å². The predicted molar refractivity (Wildman–Crippen MR) is 129 cm³/mol. The SMILES string of the molecule is Cc1ccc2nc(N(CCCN3CCOCC3)C(=O)c3ccccc3Br)sc2c1.Cl. The number of carbonyl (C=O) groups is 1. The Bertz CT molecular complexity index is 1010. The third kappa shape index (κ3) is 5.39. The third-order valence-corrected chi connectivity index (χ3v) is 6.81. The van der Waals surface area contributed by atoms with Crippen LogP contribution in [0.1, 0.15) is 22.3 Å². The third-order valence-electron chi connectivity index (χ3n) is 5.07. The molecule has 1 fully saturated rings. The van der Waals surface area contributed by atoms with E-state index in [0.717, 1.165) is 59.1 Å². The van der Waals surface area contributed by atoms with Crippen molar-refractivity contribution in [3.05, 3.63) is 58.1 Å². The summed E-state index contributed by atoms with van der Waals surface area (Å²) in [5.74, 6) is -0.0183. The first-order valence-electron chi connectivity index (χ1n) is 9.85. The predicted octanol–water partition coefficient (Wildman–Crippen LogP) is 5.16. The van der Waals surface area contributed by atoms with Crippen LogP contribution < -0.4 is 4.90 Å². The van der Waals surface area contributed by atoms with E-state index in [1.54, 1.807) is 11.3 Å². The van der Waals surface area contributed by atoms with Gasteiger partial charge < -0.3 is 4.74 Å². The van der Waals surface area contributed by atoms with Gasteiger partial charge in [-0.2, -0.15) is 0 Å². The lowest BCUT2D eigenvalue weighted by Gasteiger charge is -2.27. The van der Waals surface area contributed by atoms with Crippen LogP contribution in [0.25, 0.3) is 10.2 Å². The average Bonchev–Trinajstić information content (AvgIpc) is 3.14. The highest BCUT2D eigenvalue weighted by Gasteiger charge is 2.23. The number of halogens is 2. The zero-order chi connectivity index (χ0) is 20.2. The van der Waals surface area contributed by atoms with E-state index in [1.807, 2.05) is 35.2 Å². The number of carbonyl (C=O) groups excluding carboxylic acids is 1. The van der Waals surface area contributed by atoms with Crippen molar-refractivity contribution < 1.29 is 9.53 Å². The molecule has 0 radical (unpaired) electrons. The van der Waals surface area contributed by atoms with Crippen LogP contribution in [0.15, 0.2) is 46.9 Å². The lowest BCUT2D eigenvalue weighted by atomic mass is 10.2. The van der Waals surface area contributed by atoms with E-state index in [-0.39, 0.29) is 18.3 Å². The molecule has 160 valence electrons. The number of ether oxygens (including phenoxy) is 1. The summed E-state index contributed by atoms with van der Waals surface area (Å²) in [6.45, 7) is 7.15. The Hall–Kier alpha value is -1.51. The number of amides is 1. The highest BCUT2D eigenvalue weighted by molar-refractivity contribution is 9.10. The molecular weight excluding hydrogens is 486 g/mol. The summed E-state index contributed by atoms with van der Waals surface area (Å²) in [7, 11) is 0. The van der Waals surface area contributed by atoms with Crippen molar-refractivity contribution in [2.45, 2.75) is 13.3 Å². The molecular formula is C22H25BrClN3O2S. The fourth-order valence-electron chi connectivity index (χ4n) is 3.48. The van der Waals surface area contributed by atoms with Crippen LogP contribution in [0.4, 0.5) is 5.13 Å². The number of nitrogens with zero attached hydrogens (tertiary/aromatic N) is 3. The molecule has 1 aliphatic rings. The molecule has 5 nitrogen and oxygen atoms in total. The van der Waals surface area contributed by atoms with Crippen LogP contribution in [-0.2, 0) is 4.74 Å². The van der Waals surface area contributed by atoms with Gasteiger partial charge in [0.15, 0.2) is 5.13 Å². The Morgan fingerprint density at radius 3 is 2.77 bits per heavy atom. The van der Waals surface area contributed by atoms with Gasteiger partial charge in [-0.05, 0) is 59.1 Å². The van der Waals surface area contributed by atoms with Crippen LogP contribution in [-0.4, -0.2) is 55.2 Å². The van der Waals surface area contributed by atoms with Crippen molar-refractivity contribution >= 4 is 60.9 Å². The van der Waals surface area contributed by atoms with Crippen molar-refractivity contribution in [1.29, 1.82) is 0 Å². The quantitative estimate of drug-likeness (QED) is 0.460. The van der Waals surface area contributed by atoms with Gasteiger partial charge >= 0.3 is 0 Å². The van der Waals surface area contributed by atoms with Gasteiger partial charge in [0.25, 0.3) is 5.91 Å². The number of morpholine rings is 1. The molecule has 0 saturated carbocycles. The van der Waals surface area contributed by atoms with Crippen LogP contribution in [0.5, 0.6) is 0 Å². The number of thiazole rings is 1. The molecule has 0 aliphatic carbocycles. The average molecular weight is 511 g/mol. The van der Waals surface area contributed by atoms with Gasteiger partial charge in [-0.3, -0.25) is 14.6 Å². The first-order chi connectivity index (χ1) is 14.1. The van der Waals surface area contributed by atoms with E-state index < -0.39 is 0 Å². The van der Waals surface area contributed by atoms with E-state index in [1.165, 1.54) is 5.56 Å². The van der Waals surface area contributed by atoms with Crippen LogP contribution in [0.2, 0.25) is 0 Å². The fraction of sp³-hybridized carbons (Fsp3) is 0.364. The number of rotatable bonds is 6. The van der Waals surface area contributed by atoms with Gasteiger partial charge in [-0.15, -0.1) is 12.4 Å². The van der Waals surface area contributed by atoms with E-state index in [2.05, 4.69) is 39.9 Å². The fourth-order valence-corrected chi connectivity index (χ4v) is 5.02. The molecule has 4 rings (SSSR count). The summed E-state index contributed by atoms with van der Waals surface area (Å²) >= 11 is 5.11. The molecule has 0 atom stereocenters. The summed E-state index contributed by atoms with van der Waals surface area (Å²) in [5, 5.41) is 0.758. The topological polar surface area (TPSA) is 45.7 Å². The first kappa shape index (κ1) is 23.2. The Kier molecular flexibility index (Phi) is 8.25. The van der Waals surface area contributed by atoms with E-state index in [4.69, 9.17) is 9.72 Å². The Morgan fingerprint density at radius 2 is 2.00 bits per heavy atom. The van der Waals surface area contributed by atoms with Gasteiger partial charge in [-0.25, -0.2) is 4.98 Å². The Balaban J connectivity index is 0.00000256. The van der Waals surface area contributed by atoms with Crippen LogP contribution >= 0.6 is 39.7 Å². The molecule has 30 heavy (non-hydrogen) atoms.